The zero-order chi connectivity index (χ0) is 18.5. The normalized spacial score (nSPS) is 11.1. The van der Waals surface area contributed by atoms with E-state index in [4.69, 9.17) is 9.47 Å². The van der Waals surface area contributed by atoms with Crippen LogP contribution in [0.15, 0.2) is 59.4 Å². The summed E-state index contributed by atoms with van der Waals surface area (Å²) in [6.45, 7) is 1.64. The summed E-state index contributed by atoms with van der Waals surface area (Å²) in [4.78, 5) is 35.9. The van der Waals surface area contributed by atoms with Crippen LogP contribution >= 0.6 is 11.3 Å². The van der Waals surface area contributed by atoms with Crippen LogP contribution in [0.5, 0.6) is 5.75 Å². The van der Waals surface area contributed by atoms with Crippen molar-refractivity contribution in [2.75, 3.05) is 6.61 Å². The lowest BCUT2D eigenvalue weighted by molar-refractivity contribution is -0.141. The van der Waals surface area contributed by atoms with Crippen molar-refractivity contribution < 1.29 is 19.1 Å². The molecule has 26 heavy (non-hydrogen) atoms. The SMILES string of the molecule is CC=CC(=O)OCCC(=O)Oc1cccc2c(=O)c3ccccc3sc12. The molecule has 0 N–H and O–H groups in total. The first-order chi connectivity index (χ1) is 12.6. The summed E-state index contributed by atoms with van der Waals surface area (Å²) in [5.74, 6) is -0.700. The van der Waals surface area contributed by atoms with Crippen molar-refractivity contribution in [3.8, 4) is 5.75 Å². The third kappa shape index (κ3) is 3.81. The van der Waals surface area contributed by atoms with E-state index < -0.39 is 11.9 Å². The Balaban J connectivity index is 1.83. The summed E-state index contributed by atoms with van der Waals surface area (Å²) >= 11 is 1.40. The second kappa shape index (κ2) is 7.93. The van der Waals surface area contributed by atoms with Crippen molar-refractivity contribution in [3.63, 3.8) is 0 Å². The van der Waals surface area contributed by atoms with Crippen LogP contribution in [0, 0.1) is 0 Å². The average molecular weight is 368 g/mol. The summed E-state index contributed by atoms with van der Waals surface area (Å²) in [7, 11) is 0. The van der Waals surface area contributed by atoms with E-state index in [1.54, 1.807) is 37.3 Å². The van der Waals surface area contributed by atoms with Crippen molar-refractivity contribution in [1.82, 2.24) is 0 Å². The van der Waals surface area contributed by atoms with Gasteiger partial charge in [-0.2, -0.15) is 0 Å². The molecule has 0 saturated heterocycles. The molecule has 1 aromatic heterocycles. The second-order valence-corrected chi connectivity index (χ2v) is 6.50. The van der Waals surface area contributed by atoms with Gasteiger partial charge < -0.3 is 9.47 Å². The van der Waals surface area contributed by atoms with Gasteiger partial charge in [0.25, 0.3) is 0 Å². The summed E-state index contributed by atoms with van der Waals surface area (Å²) < 4.78 is 11.7. The van der Waals surface area contributed by atoms with E-state index in [0.29, 0.717) is 21.2 Å². The Morgan fingerprint density at radius 1 is 1.08 bits per heavy atom. The monoisotopic (exact) mass is 368 g/mol. The number of fused-ring (bicyclic) bond motifs is 2. The van der Waals surface area contributed by atoms with Crippen molar-refractivity contribution in [2.45, 2.75) is 13.3 Å². The summed E-state index contributed by atoms with van der Waals surface area (Å²) in [6.07, 6.45) is 2.77. The van der Waals surface area contributed by atoms with E-state index in [2.05, 4.69) is 0 Å². The number of carbonyl (C=O) groups is 2. The van der Waals surface area contributed by atoms with Gasteiger partial charge in [-0.15, -0.1) is 11.3 Å². The molecule has 0 unspecified atom stereocenters. The van der Waals surface area contributed by atoms with Crippen molar-refractivity contribution in [2.24, 2.45) is 0 Å². The fourth-order valence-electron chi connectivity index (χ4n) is 2.47. The van der Waals surface area contributed by atoms with Gasteiger partial charge in [0.15, 0.2) is 5.43 Å². The van der Waals surface area contributed by atoms with Gasteiger partial charge in [-0.1, -0.05) is 24.3 Å². The lowest BCUT2D eigenvalue weighted by Gasteiger charge is -2.08. The molecule has 2 aromatic carbocycles. The van der Waals surface area contributed by atoms with Crippen molar-refractivity contribution >= 4 is 43.4 Å². The van der Waals surface area contributed by atoms with Gasteiger partial charge in [-0.05, 0) is 31.2 Å². The zero-order valence-electron chi connectivity index (χ0n) is 14.1. The fraction of sp³-hybridized carbons (Fsp3) is 0.150. The van der Waals surface area contributed by atoms with Crippen LogP contribution in [0.3, 0.4) is 0 Å². The Kier molecular flexibility index (Phi) is 5.43. The molecule has 0 atom stereocenters. The molecule has 1 heterocycles. The molecule has 0 saturated carbocycles. The first kappa shape index (κ1) is 17.8. The predicted molar refractivity (Wildman–Crippen MR) is 102 cm³/mol. The van der Waals surface area contributed by atoms with Gasteiger partial charge in [0.2, 0.25) is 0 Å². The van der Waals surface area contributed by atoms with E-state index >= 15 is 0 Å². The number of benzene rings is 2. The first-order valence-electron chi connectivity index (χ1n) is 8.05. The average Bonchev–Trinajstić information content (AvgIpc) is 2.63. The van der Waals surface area contributed by atoms with Crippen LogP contribution in [0.2, 0.25) is 0 Å². The van der Waals surface area contributed by atoms with E-state index in [1.165, 1.54) is 17.4 Å². The van der Waals surface area contributed by atoms with Gasteiger partial charge >= 0.3 is 11.9 Å². The zero-order valence-corrected chi connectivity index (χ0v) is 14.9. The van der Waals surface area contributed by atoms with Crippen LogP contribution in [0.25, 0.3) is 20.2 Å². The largest absolute Gasteiger partial charge is 0.462 e. The predicted octanol–water partition coefficient (Wildman–Crippen LogP) is 3.83. The number of esters is 2. The minimum Gasteiger partial charge on any atom is -0.462 e. The molecule has 0 radical (unpaired) electrons. The molecule has 0 bridgehead atoms. The number of carbonyl (C=O) groups excluding carboxylic acids is 2. The van der Waals surface area contributed by atoms with E-state index in [1.807, 2.05) is 18.2 Å². The molecule has 0 amide bonds. The van der Waals surface area contributed by atoms with Gasteiger partial charge in [0, 0.05) is 21.5 Å². The summed E-state index contributed by atoms with van der Waals surface area (Å²) in [5.41, 5.74) is -0.0902. The van der Waals surface area contributed by atoms with Crippen molar-refractivity contribution in [1.29, 1.82) is 0 Å². The molecule has 3 aromatic rings. The molecule has 0 spiro atoms. The molecule has 6 heteroatoms. The molecule has 0 aliphatic rings. The fourth-order valence-corrected chi connectivity index (χ4v) is 3.59. The number of rotatable bonds is 5. The van der Waals surface area contributed by atoms with Crippen LogP contribution in [0.4, 0.5) is 0 Å². The van der Waals surface area contributed by atoms with Gasteiger partial charge in [0.05, 0.1) is 11.1 Å². The minimum atomic E-state index is -0.529. The lowest BCUT2D eigenvalue weighted by Crippen LogP contribution is -2.13. The van der Waals surface area contributed by atoms with Gasteiger partial charge in [-0.25, -0.2) is 4.79 Å². The standard InChI is InChI=1S/C20H16O5S/c1-2-6-17(21)24-12-11-18(22)25-15-9-5-8-14-19(23)13-7-3-4-10-16(13)26-20(14)15/h2-10H,11-12H2,1H3. The molecular weight excluding hydrogens is 352 g/mol. The van der Waals surface area contributed by atoms with Gasteiger partial charge in [0.1, 0.15) is 12.4 Å². The van der Waals surface area contributed by atoms with E-state index in [-0.39, 0.29) is 18.5 Å². The second-order valence-electron chi connectivity index (χ2n) is 5.45. The van der Waals surface area contributed by atoms with E-state index in [0.717, 1.165) is 4.70 Å². The van der Waals surface area contributed by atoms with Crippen LogP contribution in [-0.4, -0.2) is 18.5 Å². The highest BCUT2D eigenvalue weighted by molar-refractivity contribution is 7.24. The highest BCUT2D eigenvalue weighted by Gasteiger charge is 2.13. The lowest BCUT2D eigenvalue weighted by atomic mass is 10.2. The summed E-state index contributed by atoms with van der Waals surface area (Å²) in [6, 6.07) is 12.4. The maximum atomic E-state index is 12.6. The third-order valence-corrected chi connectivity index (χ3v) is 4.85. The van der Waals surface area contributed by atoms with E-state index in [9.17, 15) is 14.4 Å². The Morgan fingerprint density at radius 2 is 1.85 bits per heavy atom. The van der Waals surface area contributed by atoms with Gasteiger partial charge in [-0.3, -0.25) is 9.59 Å². The molecule has 0 fully saturated rings. The van der Waals surface area contributed by atoms with Crippen LogP contribution < -0.4 is 10.2 Å². The smallest absolute Gasteiger partial charge is 0.330 e. The quantitative estimate of drug-likeness (QED) is 0.296. The highest BCUT2D eigenvalue weighted by atomic mass is 32.1. The Bertz CT molecular complexity index is 1060. The maximum Gasteiger partial charge on any atom is 0.330 e. The van der Waals surface area contributed by atoms with Crippen LogP contribution in [0.1, 0.15) is 13.3 Å². The van der Waals surface area contributed by atoms with Crippen molar-refractivity contribution in [3.05, 3.63) is 64.8 Å². The van der Waals surface area contributed by atoms with Crippen LogP contribution in [-0.2, 0) is 14.3 Å². The minimum absolute atomic E-state index is 0.0636. The third-order valence-electron chi connectivity index (χ3n) is 3.64. The Morgan fingerprint density at radius 3 is 2.65 bits per heavy atom. The Labute approximate surface area is 153 Å². The molecule has 5 nitrogen and oxygen atoms in total. The molecular formula is C20H16O5S. The maximum absolute atomic E-state index is 12.6. The highest BCUT2D eigenvalue weighted by Crippen LogP contribution is 2.32. The molecule has 3 rings (SSSR count). The number of ether oxygens (including phenoxy) is 2. The number of hydrogen-bond acceptors (Lipinski definition) is 6. The molecule has 0 aliphatic carbocycles. The first-order valence-corrected chi connectivity index (χ1v) is 8.86. The topological polar surface area (TPSA) is 69.7 Å². The molecule has 0 aliphatic heterocycles. The summed E-state index contributed by atoms with van der Waals surface area (Å²) in [5, 5.41) is 1.16. The number of allylic oxidation sites excluding steroid dienone is 1. The Hall–Kier alpha value is -2.99. The molecule has 132 valence electrons. The number of hydrogen-bond donors (Lipinski definition) is 0.